The zero-order valence-corrected chi connectivity index (χ0v) is 9.29. The van der Waals surface area contributed by atoms with Crippen molar-refractivity contribution in [1.29, 1.82) is 0 Å². The van der Waals surface area contributed by atoms with E-state index in [2.05, 4.69) is 0 Å². The van der Waals surface area contributed by atoms with Gasteiger partial charge in [-0.1, -0.05) is 0 Å². The van der Waals surface area contributed by atoms with Crippen molar-refractivity contribution in [2.75, 3.05) is 6.61 Å². The highest BCUT2D eigenvalue weighted by atomic mass is 19.1. The molecule has 0 atom stereocenters. The number of ether oxygens (including phenoxy) is 1. The topological polar surface area (TPSA) is 46.5 Å². The summed E-state index contributed by atoms with van der Waals surface area (Å²) in [4.78, 5) is 10.2. The summed E-state index contributed by atoms with van der Waals surface area (Å²) in [5, 5.41) is 8.39. The third-order valence-corrected chi connectivity index (χ3v) is 2.19. The van der Waals surface area contributed by atoms with Crippen molar-refractivity contribution < 1.29 is 23.4 Å². The maximum absolute atomic E-state index is 13.1. The lowest BCUT2D eigenvalue weighted by molar-refractivity contribution is -0.137. The minimum Gasteiger partial charge on any atom is -0.490 e. The predicted octanol–water partition coefficient (Wildman–Crippen LogP) is 2.99. The first kappa shape index (κ1) is 13.4. The van der Waals surface area contributed by atoms with Crippen molar-refractivity contribution in [2.24, 2.45) is 0 Å². The van der Waals surface area contributed by atoms with E-state index in [0.29, 0.717) is 19.3 Å². The molecule has 17 heavy (non-hydrogen) atoms. The van der Waals surface area contributed by atoms with Crippen molar-refractivity contribution in [2.45, 2.75) is 25.7 Å². The molecule has 0 radical (unpaired) electrons. The molecular weight excluding hydrogens is 230 g/mol. The molecule has 0 saturated heterocycles. The van der Waals surface area contributed by atoms with Gasteiger partial charge in [0.1, 0.15) is 5.82 Å². The third kappa shape index (κ3) is 5.29. The molecule has 0 heterocycles. The molecule has 3 nitrogen and oxygen atoms in total. The van der Waals surface area contributed by atoms with E-state index < -0.39 is 17.6 Å². The highest BCUT2D eigenvalue weighted by molar-refractivity contribution is 5.66. The summed E-state index contributed by atoms with van der Waals surface area (Å²) in [6.07, 6.45) is 1.98. The second-order valence-electron chi connectivity index (χ2n) is 3.63. The summed E-state index contributed by atoms with van der Waals surface area (Å²) in [5.41, 5.74) is 0. The van der Waals surface area contributed by atoms with Crippen LogP contribution in [-0.4, -0.2) is 17.7 Å². The number of hydrogen-bond donors (Lipinski definition) is 1. The Morgan fingerprint density at radius 3 is 2.71 bits per heavy atom. The van der Waals surface area contributed by atoms with Crippen LogP contribution in [0.1, 0.15) is 25.7 Å². The molecule has 94 valence electrons. The van der Waals surface area contributed by atoms with Gasteiger partial charge in [0.25, 0.3) is 0 Å². The maximum Gasteiger partial charge on any atom is 0.303 e. The van der Waals surface area contributed by atoms with Crippen molar-refractivity contribution in [1.82, 2.24) is 0 Å². The number of unbranched alkanes of at least 4 members (excludes halogenated alkanes) is 2. The quantitative estimate of drug-likeness (QED) is 0.750. The summed E-state index contributed by atoms with van der Waals surface area (Å²) in [7, 11) is 0. The second kappa shape index (κ2) is 6.83. The van der Waals surface area contributed by atoms with E-state index in [4.69, 9.17) is 9.84 Å². The number of hydrogen-bond acceptors (Lipinski definition) is 2. The van der Waals surface area contributed by atoms with Crippen molar-refractivity contribution >= 4 is 5.97 Å². The van der Waals surface area contributed by atoms with Gasteiger partial charge < -0.3 is 9.84 Å². The van der Waals surface area contributed by atoms with Crippen molar-refractivity contribution in [3.05, 3.63) is 29.8 Å². The molecule has 1 aromatic carbocycles. The Hall–Kier alpha value is -1.65. The van der Waals surface area contributed by atoms with Gasteiger partial charge in [-0.05, 0) is 31.4 Å². The summed E-state index contributed by atoms with van der Waals surface area (Å²) in [5.74, 6) is -2.09. The van der Waals surface area contributed by atoms with Crippen molar-refractivity contribution in [3.63, 3.8) is 0 Å². The number of benzene rings is 1. The lowest BCUT2D eigenvalue weighted by Gasteiger charge is -2.06. The third-order valence-electron chi connectivity index (χ3n) is 2.19. The first-order valence-electron chi connectivity index (χ1n) is 5.39. The average Bonchev–Trinajstić information content (AvgIpc) is 2.27. The summed E-state index contributed by atoms with van der Waals surface area (Å²) < 4.78 is 30.9. The monoisotopic (exact) mass is 244 g/mol. The molecule has 0 unspecified atom stereocenters. The Morgan fingerprint density at radius 2 is 2.00 bits per heavy atom. The molecule has 0 amide bonds. The zero-order chi connectivity index (χ0) is 12.7. The molecule has 0 bridgehead atoms. The van der Waals surface area contributed by atoms with Gasteiger partial charge in [-0.2, -0.15) is 0 Å². The molecule has 5 heteroatoms. The molecule has 0 aliphatic carbocycles. The molecule has 0 fully saturated rings. The van der Waals surface area contributed by atoms with Crippen molar-refractivity contribution in [3.8, 4) is 5.75 Å². The molecule has 1 rings (SSSR count). The Kier molecular flexibility index (Phi) is 5.39. The Morgan fingerprint density at radius 1 is 1.24 bits per heavy atom. The standard InChI is InChI=1S/C12H14F2O3/c13-9-5-6-10(14)11(8-9)17-7-3-1-2-4-12(15)16/h5-6,8H,1-4,7H2,(H,15,16). The fourth-order valence-electron chi connectivity index (χ4n) is 1.32. The van der Waals surface area contributed by atoms with Gasteiger partial charge in [0.05, 0.1) is 6.61 Å². The molecule has 0 aliphatic rings. The molecule has 0 aromatic heterocycles. The molecule has 1 N–H and O–H groups in total. The van der Waals surface area contributed by atoms with Gasteiger partial charge in [0.15, 0.2) is 11.6 Å². The number of halogens is 2. The van der Waals surface area contributed by atoms with E-state index in [9.17, 15) is 13.6 Å². The van der Waals surface area contributed by atoms with Gasteiger partial charge in [-0.15, -0.1) is 0 Å². The maximum atomic E-state index is 13.1. The first-order valence-corrected chi connectivity index (χ1v) is 5.39. The number of aliphatic carboxylic acids is 1. The molecule has 0 spiro atoms. The van der Waals surface area contributed by atoms with Crippen LogP contribution < -0.4 is 4.74 Å². The lowest BCUT2D eigenvalue weighted by atomic mass is 10.2. The van der Waals surface area contributed by atoms with Crippen LogP contribution in [0.15, 0.2) is 18.2 Å². The number of carboxylic acid groups (broad SMARTS) is 1. The second-order valence-corrected chi connectivity index (χ2v) is 3.63. The van der Waals surface area contributed by atoms with E-state index in [1.54, 1.807) is 0 Å². The minimum absolute atomic E-state index is 0.108. The fourth-order valence-corrected chi connectivity index (χ4v) is 1.32. The average molecular weight is 244 g/mol. The predicted molar refractivity (Wildman–Crippen MR) is 58.0 cm³/mol. The Balaban J connectivity index is 2.22. The van der Waals surface area contributed by atoms with Gasteiger partial charge in [0.2, 0.25) is 0 Å². The van der Waals surface area contributed by atoms with Crippen LogP contribution in [0.4, 0.5) is 8.78 Å². The van der Waals surface area contributed by atoms with E-state index in [0.717, 1.165) is 18.2 Å². The molecule has 1 aromatic rings. The lowest BCUT2D eigenvalue weighted by Crippen LogP contribution is -2.00. The number of carboxylic acids is 1. The van der Waals surface area contributed by atoms with E-state index in [1.807, 2.05) is 0 Å². The van der Waals surface area contributed by atoms with Crippen LogP contribution in [-0.2, 0) is 4.79 Å². The van der Waals surface area contributed by atoms with Crippen LogP contribution in [0.2, 0.25) is 0 Å². The number of carbonyl (C=O) groups is 1. The highest BCUT2D eigenvalue weighted by Gasteiger charge is 2.04. The zero-order valence-electron chi connectivity index (χ0n) is 9.29. The first-order chi connectivity index (χ1) is 8.09. The van der Waals surface area contributed by atoms with Crippen LogP contribution in [0.3, 0.4) is 0 Å². The van der Waals surface area contributed by atoms with Gasteiger partial charge in [-0.3, -0.25) is 4.79 Å². The summed E-state index contributed by atoms with van der Waals surface area (Å²) in [6, 6.07) is 3.02. The van der Waals surface area contributed by atoms with Gasteiger partial charge in [0, 0.05) is 12.5 Å². The summed E-state index contributed by atoms with van der Waals surface area (Å²) >= 11 is 0. The Labute approximate surface area is 98.0 Å². The molecule has 0 saturated carbocycles. The smallest absolute Gasteiger partial charge is 0.303 e. The summed E-state index contributed by atoms with van der Waals surface area (Å²) in [6.45, 7) is 0.250. The van der Waals surface area contributed by atoms with Crippen LogP contribution in [0.5, 0.6) is 5.75 Å². The minimum atomic E-state index is -0.831. The van der Waals surface area contributed by atoms with Crippen LogP contribution in [0, 0.1) is 11.6 Å². The number of rotatable bonds is 7. The SMILES string of the molecule is O=C(O)CCCCCOc1cc(F)ccc1F. The van der Waals surface area contributed by atoms with E-state index in [-0.39, 0.29) is 18.8 Å². The molecule has 0 aliphatic heterocycles. The van der Waals surface area contributed by atoms with Gasteiger partial charge in [-0.25, -0.2) is 8.78 Å². The normalized spacial score (nSPS) is 10.2. The van der Waals surface area contributed by atoms with Gasteiger partial charge >= 0.3 is 5.97 Å². The van der Waals surface area contributed by atoms with E-state index >= 15 is 0 Å². The molecular formula is C12H14F2O3. The van der Waals surface area contributed by atoms with E-state index in [1.165, 1.54) is 0 Å². The largest absolute Gasteiger partial charge is 0.490 e. The fraction of sp³-hybridized carbons (Fsp3) is 0.417. The highest BCUT2D eigenvalue weighted by Crippen LogP contribution is 2.18. The Bertz CT molecular complexity index is 380. The van der Waals surface area contributed by atoms with Crippen LogP contribution >= 0.6 is 0 Å². The van der Waals surface area contributed by atoms with Crippen LogP contribution in [0.25, 0.3) is 0 Å².